The molecule has 1 rings (SSSR count). The molecular formula is C15H20N2OS. The topological polar surface area (TPSA) is 52.9 Å². The van der Waals surface area contributed by atoms with Gasteiger partial charge in [-0.15, -0.1) is 0 Å². The first kappa shape index (κ1) is 15.6. The Balaban J connectivity index is 2.29. The van der Waals surface area contributed by atoms with Gasteiger partial charge in [0.2, 0.25) is 5.91 Å². The lowest BCUT2D eigenvalue weighted by Crippen LogP contribution is -2.36. The molecular weight excluding hydrogens is 256 g/mol. The van der Waals surface area contributed by atoms with E-state index in [0.717, 1.165) is 22.6 Å². The van der Waals surface area contributed by atoms with E-state index >= 15 is 0 Å². The predicted octanol–water partition coefficient (Wildman–Crippen LogP) is 2.95. The highest BCUT2D eigenvalue weighted by atomic mass is 32.2. The summed E-state index contributed by atoms with van der Waals surface area (Å²) in [7, 11) is 0. The van der Waals surface area contributed by atoms with Crippen LogP contribution in [-0.4, -0.2) is 18.2 Å². The van der Waals surface area contributed by atoms with E-state index in [4.69, 9.17) is 5.26 Å². The first-order valence-corrected chi connectivity index (χ1v) is 7.44. The van der Waals surface area contributed by atoms with Crippen molar-refractivity contribution in [3.63, 3.8) is 0 Å². The smallest absolute Gasteiger partial charge is 0.225 e. The van der Waals surface area contributed by atoms with Gasteiger partial charge in [-0.1, -0.05) is 39.0 Å². The van der Waals surface area contributed by atoms with Crippen molar-refractivity contribution in [1.82, 2.24) is 5.32 Å². The van der Waals surface area contributed by atoms with Crippen molar-refractivity contribution in [2.45, 2.75) is 26.5 Å². The summed E-state index contributed by atoms with van der Waals surface area (Å²) in [4.78, 5) is 11.6. The summed E-state index contributed by atoms with van der Waals surface area (Å²) >= 11 is 1.72. The van der Waals surface area contributed by atoms with Crippen molar-refractivity contribution < 1.29 is 4.79 Å². The maximum Gasteiger partial charge on any atom is 0.225 e. The molecule has 0 heterocycles. The SMILES string of the molecule is CC(C)(C)C(=O)NCCSCc1ccccc1C#N. The van der Waals surface area contributed by atoms with Crippen LogP contribution in [0.3, 0.4) is 0 Å². The molecule has 0 aromatic heterocycles. The van der Waals surface area contributed by atoms with Crippen LogP contribution in [0.25, 0.3) is 0 Å². The van der Waals surface area contributed by atoms with E-state index in [0.29, 0.717) is 6.54 Å². The third-order valence-corrected chi connectivity index (χ3v) is 3.62. The summed E-state index contributed by atoms with van der Waals surface area (Å²) in [5.41, 5.74) is 1.45. The second-order valence-electron chi connectivity index (χ2n) is 5.33. The Hall–Kier alpha value is -1.47. The minimum atomic E-state index is -0.335. The van der Waals surface area contributed by atoms with Gasteiger partial charge in [-0.25, -0.2) is 0 Å². The lowest BCUT2D eigenvalue weighted by Gasteiger charge is -2.17. The first-order chi connectivity index (χ1) is 8.95. The highest BCUT2D eigenvalue weighted by molar-refractivity contribution is 7.98. The zero-order valence-electron chi connectivity index (χ0n) is 11.7. The van der Waals surface area contributed by atoms with E-state index in [-0.39, 0.29) is 11.3 Å². The van der Waals surface area contributed by atoms with Gasteiger partial charge < -0.3 is 5.32 Å². The predicted molar refractivity (Wildman–Crippen MR) is 79.8 cm³/mol. The van der Waals surface area contributed by atoms with E-state index < -0.39 is 0 Å². The molecule has 0 radical (unpaired) electrons. The molecule has 0 bridgehead atoms. The fourth-order valence-corrected chi connectivity index (χ4v) is 2.30. The van der Waals surface area contributed by atoms with Crippen LogP contribution in [0.4, 0.5) is 0 Å². The van der Waals surface area contributed by atoms with Crippen LogP contribution in [0.1, 0.15) is 31.9 Å². The maximum absolute atomic E-state index is 11.6. The van der Waals surface area contributed by atoms with Crippen molar-refractivity contribution in [2.24, 2.45) is 5.41 Å². The van der Waals surface area contributed by atoms with Crippen molar-refractivity contribution >= 4 is 17.7 Å². The molecule has 0 aliphatic rings. The standard InChI is InChI=1S/C15H20N2OS/c1-15(2,3)14(18)17-8-9-19-11-13-7-5-4-6-12(13)10-16/h4-7H,8-9,11H2,1-3H3,(H,17,18). The molecule has 0 fully saturated rings. The third kappa shape index (κ3) is 5.35. The van der Waals surface area contributed by atoms with Gasteiger partial charge in [-0.05, 0) is 11.6 Å². The zero-order chi connectivity index (χ0) is 14.3. The van der Waals surface area contributed by atoms with E-state index in [1.54, 1.807) is 11.8 Å². The number of carbonyl (C=O) groups excluding carboxylic acids is 1. The highest BCUT2D eigenvalue weighted by Gasteiger charge is 2.20. The first-order valence-electron chi connectivity index (χ1n) is 6.29. The zero-order valence-corrected chi connectivity index (χ0v) is 12.5. The van der Waals surface area contributed by atoms with Gasteiger partial charge >= 0.3 is 0 Å². The van der Waals surface area contributed by atoms with Gasteiger partial charge in [0.15, 0.2) is 0 Å². The van der Waals surface area contributed by atoms with Gasteiger partial charge in [0.05, 0.1) is 11.6 Å². The van der Waals surface area contributed by atoms with Gasteiger partial charge in [-0.2, -0.15) is 17.0 Å². The fraction of sp³-hybridized carbons (Fsp3) is 0.467. The van der Waals surface area contributed by atoms with Crippen LogP contribution in [0, 0.1) is 16.7 Å². The van der Waals surface area contributed by atoms with E-state index in [1.807, 2.05) is 45.0 Å². The number of hydrogen-bond acceptors (Lipinski definition) is 3. The molecule has 3 nitrogen and oxygen atoms in total. The molecule has 0 atom stereocenters. The number of nitriles is 1. The number of benzene rings is 1. The summed E-state index contributed by atoms with van der Waals surface area (Å²) < 4.78 is 0. The Morgan fingerprint density at radius 2 is 2.05 bits per heavy atom. The Morgan fingerprint density at radius 3 is 2.68 bits per heavy atom. The molecule has 1 aromatic carbocycles. The Morgan fingerprint density at radius 1 is 1.37 bits per heavy atom. The van der Waals surface area contributed by atoms with Crippen LogP contribution in [0.5, 0.6) is 0 Å². The number of hydrogen-bond donors (Lipinski definition) is 1. The van der Waals surface area contributed by atoms with Crippen LogP contribution >= 0.6 is 11.8 Å². The molecule has 0 aliphatic heterocycles. The molecule has 0 saturated heterocycles. The molecule has 0 aliphatic carbocycles. The fourth-order valence-electron chi connectivity index (χ4n) is 1.44. The summed E-state index contributed by atoms with van der Waals surface area (Å²) in [6.45, 7) is 6.37. The average Bonchev–Trinajstić information content (AvgIpc) is 2.37. The maximum atomic E-state index is 11.6. The van der Waals surface area contributed by atoms with Crippen molar-refractivity contribution in [3.8, 4) is 6.07 Å². The average molecular weight is 276 g/mol. The van der Waals surface area contributed by atoms with Crippen LogP contribution < -0.4 is 5.32 Å². The van der Waals surface area contributed by atoms with Crippen LogP contribution in [0.15, 0.2) is 24.3 Å². The number of nitrogens with zero attached hydrogens (tertiary/aromatic N) is 1. The molecule has 0 unspecified atom stereocenters. The van der Waals surface area contributed by atoms with E-state index in [1.165, 1.54) is 0 Å². The molecule has 1 N–H and O–H groups in total. The van der Waals surface area contributed by atoms with Crippen molar-refractivity contribution in [1.29, 1.82) is 5.26 Å². The monoisotopic (exact) mass is 276 g/mol. The van der Waals surface area contributed by atoms with Crippen LogP contribution in [0.2, 0.25) is 0 Å². The van der Waals surface area contributed by atoms with Crippen molar-refractivity contribution in [3.05, 3.63) is 35.4 Å². The van der Waals surface area contributed by atoms with Crippen LogP contribution in [-0.2, 0) is 10.5 Å². The summed E-state index contributed by atoms with van der Waals surface area (Å²) in [5.74, 6) is 1.72. The largest absolute Gasteiger partial charge is 0.355 e. The van der Waals surface area contributed by atoms with E-state index in [2.05, 4.69) is 11.4 Å². The Labute approximate surface area is 119 Å². The normalized spacial score (nSPS) is 10.8. The molecule has 19 heavy (non-hydrogen) atoms. The molecule has 0 spiro atoms. The molecule has 1 aromatic rings. The van der Waals surface area contributed by atoms with Crippen molar-refractivity contribution in [2.75, 3.05) is 12.3 Å². The Bertz CT molecular complexity index is 472. The van der Waals surface area contributed by atoms with Gasteiger partial charge in [-0.3, -0.25) is 4.79 Å². The molecule has 102 valence electrons. The second kappa shape index (κ2) is 7.20. The lowest BCUT2D eigenvalue weighted by atomic mass is 9.96. The summed E-state index contributed by atoms with van der Waals surface area (Å²) in [5, 5.41) is 11.9. The number of thioether (sulfide) groups is 1. The molecule has 4 heteroatoms. The highest BCUT2D eigenvalue weighted by Crippen LogP contribution is 2.16. The number of carbonyl (C=O) groups is 1. The minimum Gasteiger partial charge on any atom is -0.355 e. The van der Waals surface area contributed by atoms with Gasteiger partial charge in [0.1, 0.15) is 0 Å². The quantitative estimate of drug-likeness (QED) is 0.841. The summed E-state index contributed by atoms with van der Waals surface area (Å²) in [6.07, 6.45) is 0. The number of nitrogens with one attached hydrogen (secondary N) is 1. The third-order valence-electron chi connectivity index (χ3n) is 2.61. The lowest BCUT2D eigenvalue weighted by molar-refractivity contribution is -0.128. The number of rotatable bonds is 5. The molecule has 0 saturated carbocycles. The Kier molecular flexibility index (Phi) is 5.91. The van der Waals surface area contributed by atoms with E-state index in [9.17, 15) is 4.79 Å². The second-order valence-corrected chi connectivity index (χ2v) is 6.43. The molecule has 1 amide bonds. The minimum absolute atomic E-state index is 0.0746. The number of amides is 1. The van der Waals surface area contributed by atoms with Gasteiger partial charge in [0.25, 0.3) is 0 Å². The van der Waals surface area contributed by atoms with Gasteiger partial charge in [0, 0.05) is 23.5 Å². The summed E-state index contributed by atoms with van der Waals surface area (Å²) in [6, 6.07) is 9.81.